The van der Waals surface area contributed by atoms with Gasteiger partial charge in [-0.3, -0.25) is 9.59 Å². The monoisotopic (exact) mass is 349 g/mol. The van der Waals surface area contributed by atoms with Crippen LogP contribution in [-0.2, 0) is 4.79 Å². The summed E-state index contributed by atoms with van der Waals surface area (Å²) in [6.45, 7) is 1.29. The molecule has 0 saturated carbocycles. The molecule has 3 rings (SSSR count). The first-order chi connectivity index (χ1) is 12.0. The molecule has 5 N–H and O–H groups in total. The highest BCUT2D eigenvalue weighted by molar-refractivity contribution is 5.96. The Balaban J connectivity index is 1.79. The molecule has 2 aliphatic rings. The van der Waals surface area contributed by atoms with Crippen molar-refractivity contribution < 1.29 is 24.5 Å². The lowest BCUT2D eigenvalue weighted by Gasteiger charge is -2.42. The number of hydrogen-bond donors (Lipinski definition) is 5. The van der Waals surface area contributed by atoms with E-state index in [2.05, 4.69) is 16.0 Å². The number of para-hydroxylation sites is 1. The fourth-order valence-electron chi connectivity index (χ4n) is 3.06. The van der Waals surface area contributed by atoms with Crippen LogP contribution in [0.15, 0.2) is 24.3 Å². The molecule has 2 aliphatic heterocycles. The zero-order chi connectivity index (χ0) is 17.9. The summed E-state index contributed by atoms with van der Waals surface area (Å²) < 4.78 is 5.55. The first-order valence-corrected chi connectivity index (χ1v) is 8.37. The van der Waals surface area contributed by atoms with Gasteiger partial charge in [0.1, 0.15) is 18.5 Å². The van der Waals surface area contributed by atoms with Crippen LogP contribution in [0.3, 0.4) is 0 Å². The van der Waals surface area contributed by atoms with Gasteiger partial charge in [0, 0.05) is 26.2 Å². The number of fused-ring (bicyclic) bond motifs is 1. The van der Waals surface area contributed by atoms with Gasteiger partial charge < -0.3 is 30.9 Å². The molecule has 2 unspecified atom stereocenters. The quantitative estimate of drug-likeness (QED) is 0.394. The summed E-state index contributed by atoms with van der Waals surface area (Å²) in [6.07, 6.45) is -2.12. The van der Waals surface area contributed by atoms with Gasteiger partial charge in [0.15, 0.2) is 0 Å². The summed E-state index contributed by atoms with van der Waals surface area (Å²) in [7, 11) is 0. The molecule has 2 amide bonds. The van der Waals surface area contributed by atoms with Gasteiger partial charge in [-0.25, -0.2) is 0 Å². The Morgan fingerprint density at radius 2 is 1.76 bits per heavy atom. The van der Waals surface area contributed by atoms with Crippen LogP contribution in [0.4, 0.5) is 0 Å². The molecule has 0 aliphatic carbocycles. The Hall–Kier alpha value is -2.16. The number of nitrogens with one attached hydrogen (secondary N) is 3. The van der Waals surface area contributed by atoms with E-state index in [9.17, 15) is 19.8 Å². The van der Waals surface area contributed by atoms with Gasteiger partial charge in [-0.15, -0.1) is 0 Å². The first kappa shape index (κ1) is 17.7. The number of benzene rings is 1. The molecule has 1 aromatic rings. The van der Waals surface area contributed by atoms with Crippen molar-refractivity contribution in [1.82, 2.24) is 16.0 Å². The Kier molecular flexibility index (Phi) is 5.22. The lowest BCUT2D eigenvalue weighted by atomic mass is 9.75. The average molecular weight is 349 g/mol. The molecular formula is C17H23N3O5. The van der Waals surface area contributed by atoms with Crippen LogP contribution in [0, 0.1) is 5.41 Å². The van der Waals surface area contributed by atoms with Gasteiger partial charge in [-0.05, 0) is 18.6 Å². The first-order valence-electron chi connectivity index (χ1n) is 8.37. The van der Waals surface area contributed by atoms with Gasteiger partial charge in [0.25, 0.3) is 5.91 Å². The molecule has 8 heteroatoms. The van der Waals surface area contributed by atoms with E-state index in [1.54, 1.807) is 24.3 Å². The number of carbonyl (C=O) groups is 2. The minimum Gasteiger partial charge on any atom is -0.490 e. The van der Waals surface area contributed by atoms with Crippen LogP contribution in [0.1, 0.15) is 16.8 Å². The Morgan fingerprint density at radius 1 is 1.04 bits per heavy atom. The van der Waals surface area contributed by atoms with Crippen molar-refractivity contribution in [1.29, 1.82) is 0 Å². The molecule has 1 fully saturated rings. The molecule has 136 valence electrons. The van der Waals surface area contributed by atoms with E-state index in [0.29, 0.717) is 24.4 Å². The second-order valence-electron chi connectivity index (χ2n) is 6.54. The van der Waals surface area contributed by atoms with E-state index in [-0.39, 0.29) is 37.9 Å². The van der Waals surface area contributed by atoms with Crippen LogP contribution in [0.5, 0.6) is 5.75 Å². The predicted molar refractivity (Wildman–Crippen MR) is 89.2 cm³/mol. The maximum atomic E-state index is 12.4. The summed E-state index contributed by atoms with van der Waals surface area (Å²) in [6, 6.07) is 6.70. The highest BCUT2D eigenvalue weighted by Crippen LogP contribution is 2.30. The van der Waals surface area contributed by atoms with E-state index in [4.69, 9.17) is 4.74 Å². The predicted octanol–water partition coefficient (Wildman–Crippen LogP) is -1.37. The second kappa shape index (κ2) is 7.38. The molecule has 0 aromatic heterocycles. The van der Waals surface area contributed by atoms with Crippen molar-refractivity contribution >= 4 is 11.8 Å². The molecule has 2 atom stereocenters. The average Bonchev–Trinajstić information content (AvgIpc) is 2.58. The Labute approximate surface area is 145 Å². The number of carbonyl (C=O) groups excluding carboxylic acids is 2. The number of aliphatic hydroxyl groups is 2. The summed E-state index contributed by atoms with van der Waals surface area (Å²) in [5.41, 5.74) is -0.404. The van der Waals surface area contributed by atoms with E-state index < -0.39 is 17.6 Å². The summed E-state index contributed by atoms with van der Waals surface area (Å²) in [5.74, 6) is -0.172. The van der Waals surface area contributed by atoms with Gasteiger partial charge in [0.05, 0.1) is 17.1 Å². The molecule has 1 spiro atoms. The fraction of sp³-hybridized carbons (Fsp3) is 0.529. The molecule has 0 bridgehead atoms. The maximum Gasteiger partial charge on any atom is 0.255 e. The minimum absolute atomic E-state index is 0.143. The molecule has 25 heavy (non-hydrogen) atoms. The number of amides is 2. The number of hydrogen-bond acceptors (Lipinski definition) is 6. The highest BCUT2D eigenvalue weighted by Gasteiger charge is 2.46. The topological polar surface area (TPSA) is 120 Å². The lowest BCUT2D eigenvalue weighted by molar-refractivity contribution is -0.138. The summed E-state index contributed by atoms with van der Waals surface area (Å²) >= 11 is 0. The van der Waals surface area contributed by atoms with E-state index >= 15 is 0 Å². The van der Waals surface area contributed by atoms with Crippen molar-refractivity contribution in [3.05, 3.63) is 29.8 Å². The maximum absolute atomic E-state index is 12.4. The van der Waals surface area contributed by atoms with Crippen molar-refractivity contribution in [3.63, 3.8) is 0 Å². The van der Waals surface area contributed by atoms with Crippen molar-refractivity contribution in [2.24, 2.45) is 5.41 Å². The Morgan fingerprint density at radius 3 is 2.48 bits per heavy atom. The van der Waals surface area contributed by atoms with Crippen LogP contribution in [-0.4, -0.2) is 67.0 Å². The highest BCUT2D eigenvalue weighted by atomic mass is 16.5. The molecule has 2 heterocycles. The minimum atomic E-state index is -1.16. The molecule has 1 saturated heterocycles. The zero-order valence-corrected chi connectivity index (χ0v) is 13.8. The number of aliphatic hydroxyl groups excluding tert-OH is 2. The lowest BCUT2D eigenvalue weighted by Crippen LogP contribution is -2.63. The fourth-order valence-corrected chi connectivity index (χ4v) is 3.06. The smallest absolute Gasteiger partial charge is 0.255 e. The number of ether oxygens (including phenoxy) is 1. The standard InChI is InChI=1S/C17H23N3O5/c21-12-7-17(9-18-10-17)16(24)20-6-5-19-15(23)11-3-1-2-4-14(11)25-8-13(12)22/h1-4,12-13,18,21-22H,5-10H2,(H,19,23)(H,20,24). The molecular weight excluding hydrogens is 326 g/mol. The van der Waals surface area contributed by atoms with Crippen LogP contribution < -0.4 is 20.7 Å². The van der Waals surface area contributed by atoms with Crippen molar-refractivity contribution in [2.45, 2.75) is 18.6 Å². The second-order valence-corrected chi connectivity index (χ2v) is 6.54. The van der Waals surface area contributed by atoms with Crippen LogP contribution in [0.2, 0.25) is 0 Å². The Bertz CT molecular complexity index is 647. The third-order valence-corrected chi connectivity index (χ3v) is 4.69. The molecule has 8 nitrogen and oxygen atoms in total. The normalized spacial score (nSPS) is 27.1. The summed E-state index contributed by atoms with van der Waals surface area (Å²) in [5, 5.41) is 29.0. The largest absolute Gasteiger partial charge is 0.490 e. The van der Waals surface area contributed by atoms with E-state index in [0.717, 1.165) is 0 Å². The van der Waals surface area contributed by atoms with E-state index in [1.807, 2.05) is 0 Å². The van der Waals surface area contributed by atoms with Gasteiger partial charge >= 0.3 is 0 Å². The third-order valence-electron chi connectivity index (χ3n) is 4.69. The molecule has 1 aromatic carbocycles. The van der Waals surface area contributed by atoms with E-state index in [1.165, 1.54) is 0 Å². The van der Waals surface area contributed by atoms with Crippen LogP contribution >= 0.6 is 0 Å². The van der Waals surface area contributed by atoms with Gasteiger partial charge in [0.2, 0.25) is 5.91 Å². The third kappa shape index (κ3) is 3.76. The number of rotatable bonds is 0. The zero-order valence-electron chi connectivity index (χ0n) is 13.8. The van der Waals surface area contributed by atoms with Gasteiger partial charge in [-0.1, -0.05) is 12.1 Å². The van der Waals surface area contributed by atoms with Crippen molar-refractivity contribution in [2.75, 3.05) is 32.8 Å². The van der Waals surface area contributed by atoms with Gasteiger partial charge in [-0.2, -0.15) is 0 Å². The molecule has 0 radical (unpaired) electrons. The van der Waals surface area contributed by atoms with Crippen molar-refractivity contribution in [3.8, 4) is 5.75 Å². The SMILES string of the molecule is O=C1NCCNC(=O)C2(CNC2)CC(O)C(O)COc2ccccc21. The summed E-state index contributed by atoms with van der Waals surface area (Å²) in [4.78, 5) is 24.7. The van der Waals surface area contributed by atoms with Crippen LogP contribution in [0.25, 0.3) is 0 Å².